The zero-order chi connectivity index (χ0) is 17.4. The molecule has 2 heteroatoms. The molecule has 0 amide bonds. The number of hydrogen-bond donors (Lipinski definition) is 0. The Balaban J connectivity index is 1.68. The minimum Gasteiger partial charge on any atom is -0.485 e. The van der Waals surface area contributed by atoms with Crippen molar-refractivity contribution < 1.29 is 4.74 Å². The molecular weight excluding hydrogens is 372 g/mol. The molecule has 126 valence electrons. The minimum atomic E-state index is 0.123. The Bertz CT molecular complexity index is 909. The Labute approximate surface area is 157 Å². The summed E-state index contributed by atoms with van der Waals surface area (Å²) in [5.74, 6) is 1.01. The Kier molecular flexibility index (Phi) is 4.39. The maximum absolute atomic E-state index is 6.30. The second-order valence-electron chi connectivity index (χ2n) is 6.79. The largest absolute Gasteiger partial charge is 0.485 e. The standard InChI is InChI=1S/C23H21BrO/c1-15-5-3-6-16(2)23(15)19-8-4-7-17(13-19)21-11-9-18-14-20(24)10-12-22(18)25-21/h3-8,10,12-14,21H,9,11H2,1-2H3/t21-/m1/s1. The lowest BCUT2D eigenvalue weighted by atomic mass is 9.92. The zero-order valence-corrected chi connectivity index (χ0v) is 16.1. The van der Waals surface area contributed by atoms with Crippen LogP contribution in [0.5, 0.6) is 5.75 Å². The van der Waals surface area contributed by atoms with Gasteiger partial charge in [-0.2, -0.15) is 0 Å². The highest BCUT2D eigenvalue weighted by Crippen LogP contribution is 2.37. The molecule has 0 aromatic heterocycles. The van der Waals surface area contributed by atoms with Crippen molar-refractivity contribution in [3.05, 3.63) is 87.4 Å². The molecule has 3 aromatic carbocycles. The smallest absolute Gasteiger partial charge is 0.124 e. The molecule has 0 N–H and O–H groups in total. The summed E-state index contributed by atoms with van der Waals surface area (Å²) in [6.45, 7) is 4.36. The van der Waals surface area contributed by atoms with Gasteiger partial charge >= 0.3 is 0 Å². The minimum absolute atomic E-state index is 0.123. The lowest BCUT2D eigenvalue weighted by Crippen LogP contribution is -2.15. The van der Waals surface area contributed by atoms with Crippen LogP contribution in [0, 0.1) is 13.8 Å². The molecule has 0 fully saturated rings. The highest BCUT2D eigenvalue weighted by molar-refractivity contribution is 9.10. The summed E-state index contributed by atoms with van der Waals surface area (Å²) < 4.78 is 7.42. The normalized spacial score (nSPS) is 16.2. The Morgan fingerprint density at radius 1 is 0.920 bits per heavy atom. The zero-order valence-electron chi connectivity index (χ0n) is 14.6. The van der Waals surface area contributed by atoms with Gasteiger partial charge in [0.05, 0.1) is 0 Å². The first-order valence-electron chi connectivity index (χ1n) is 8.73. The molecule has 1 heterocycles. The second kappa shape index (κ2) is 6.68. The van der Waals surface area contributed by atoms with Gasteiger partial charge < -0.3 is 4.74 Å². The third kappa shape index (κ3) is 3.23. The first kappa shape index (κ1) is 16.4. The molecule has 0 saturated carbocycles. The van der Waals surface area contributed by atoms with Crippen molar-refractivity contribution in [3.8, 4) is 16.9 Å². The first-order valence-corrected chi connectivity index (χ1v) is 9.53. The van der Waals surface area contributed by atoms with Crippen LogP contribution in [-0.4, -0.2) is 0 Å². The predicted octanol–water partition coefficient (Wildman–Crippen LogP) is 6.80. The summed E-state index contributed by atoms with van der Waals surface area (Å²) in [7, 11) is 0. The van der Waals surface area contributed by atoms with E-state index in [1.807, 2.05) is 6.07 Å². The average Bonchev–Trinajstić information content (AvgIpc) is 2.61. The molecule has 25 heavy (non-hydrogen) atoms. The molecule has 1 nitrogen and oxygen atoms in total. The molecular formula is C23H21BrO. The molecule has 0 saturated heterocycles. The number of fused-ring (bicyclic) bond motifs is 1. The van der Waals surface area contributed by atoms with Gasteiger partial charge in [-0.1, -0.05) is 52.3 Å². The van der Waals surface area contributed by atoms with E-state index in [9.17, 15) is 0 Å². The van der Waals surface area contributed by atoms with Crippen LogP contribution in [0.15, 0.2) is 65.1 Å². The van der Waals surface area contributed by atoms with Gasteiger partial charge in [-0.3, -0.25) is 0 Å². The highest BCUT2D eigenvalue weighted by atomic mass is 79.9. The lowest BCUT2D eigenvalue weighted by molar-refractivity contribution is 0.176. The fourth-order valence-corrected chi connectivity index (χ4v) is 4.16. The number of aryl methyl sites for hydroxylation is 3. The van der Waals surface area contributed by atoms with E-state index in [2.05, 4.69) is 84.4 Å². The number of rotatable bonds is 2. The molecule has 1 aliphatic heterocycles. The second-order valence-corrected chi connectivity index (χ2v) is 7.71. The van der Waals surface area contributed by atoms with Gasteiger partial charge in [0.2, 0.25) is 0 Å². The molecule has 1 atom stereocenters. The van der Waals surface area contributed by atoms with E-state index in [0.29, 0.717) is 0 Å². The van der Waals surface area contributed by atoms with Crippen LogP contribution in [-0.2, 0) is 6.42 Å². The predicted molar refractivity (Wildman–Crippen MR) is 107 cm³/mol. The fourth-order valence-electron chi connectivity index (χ4n) is 3.76. The molecule has 0 bridgehead atoms. The third-order valence-electron chi connectivity index (χ3n) is 5.00. The molecule has 0 aliphatic carbocycles. The summed E-state index contributed by atoms with van der Waals surface area (Å²) in [5, 5.41) is 0. The maximum atomic E-state index is 6.30. The average molecular weight is 393 g/mol. The number of halogens is 1. The van der Waals surface area contributed by atoms with Gasteiger partial charge in [0.15, 0.2) is 0 Å². The topological polar surface area (TPSA) is 9.23 Å². The van der Waals surface area contributed by atoms with Crippen molar-refractivity contribution in [3.63, 3.8) is 0 Å². The summed E-state index contributed by atoms with van der Waals surface area (Å²) in [6.07, 6.45) is 2.19. The van der Waals surface area contributed by atoms with Crippen molar-refractivity contribution in [2.24, 2.45) is 0 Å². The van der Waals surface area contributed by atoms with Crippen LogP contribution in [0.25, 0.3) is 11.1 Å². The van der Waals surface area contributed by atoms with E-state index in [1.165, 1.54) is 33.4 Å². The van der Waals surface area contributed by atoms with Crippen molar-refractivity contribution in [1.82, 2.24) is 0 Å². The van der Waals surface area contributed by atoms with E-state index < -0.39 is 0 Å². The molecule has 3 aromatic rings. The fraction of sp³-hybridized carbons (Fsp3) is 0.217. The van der Waals surface area contributed by atoms with E-state index in [-0.39, 0.29) is 6.10 Å². The first-order chi connectivity index (χ1) is 12.1. The van der Waals surface area contributed by atoms with Gasteiger partial charge in [0, 0.05) is 4.47 Å². The Hall–Kier alpha value is -2.06. The van der Waals surface area contributed by atoms with E-state index in [4.69, 9.17) is 4.74 Å². The molecule has 4 rings (SSSR count). The molecule has 1 aliphatic rings. The Morgan fingerprint density at radius 2 is 1.68 bits per heavy atom. The molecule has 0 radical (unpaired) electrons. The van der Waals surface area contributed by atoms with Gasteiger partial charge in [-0.15, -0.1) is 0 Å². The van der Waals surface area contributed by atoms with Crippen LogP contribution in [0.2, 0.25) is 0 Å². The van der Waals surface area contributed by atoms with E-state index in [0.717, 1.165) is 23.1 Å². The van der Waals surface area contributed by atoms with Crippen LogP contribution in [0.1, 0.15) is 34.8 Å². The van der Waals surface area contributed by atoms with Crippen LogP contribution < -0.4 is 4.74 Å². The number of hydrogen-bond acceptors (Lipinski definition) is 1. The van der Waals surface area contributed by atoms with Crippen molar-refractivity contribution >= 4 is 15.9 Å². The monoisotopic (exact) mass is 392 g/mol. The van der Waals surface area contributed by atoms with E-state index in [1.54, 1.807) is 0 Å². The molecule has 0 spiro atoms. The molecule has 0 unspecified atom stereocenters. The van der Waals surface area contributed by atoms with Crippen molar-refractivity contribution in [2.45, 2.75) is 32.8 Å². The maximum Gasteiger partial charge on any atom is 0.124 e. The van der Waals surface area contributed by atoms with Crippen molar-refractivity contribution in [2.75, 3.05) is 0 Å². The lowest BCUT2D eigenvalue weighted by Gasteiger charge is -2.27. The number of ether oxygens (including phenoxy) is 1. The summed E-state index contributed by atoms with van der Waals surface area (Å²) in [4.78, 5) is 0. The van der Waals surface area contributed by atoms with Crippen LogP contribution in [0.4, 0.5) is 0 Å². The van der Waals surface area contributed by atoms with E-state index >= 15 is 0 Å². The quantitative estimate of drug-likeness (QED) is 0.465. The summed E-state index contributed by atoms with van der Waals surface area (Å²) >= 11 is 3.54. The number of benzene rings is 3. The SMILES string of the molecule is Cc1cccc(C)c1-c1cccc([C@H]2CCc3cc(Br)ccc3O2)c1. The van der Waals surface area contributed by atoms with Gasteiger partial charge in [0.1, 0.15) is 11.9 Å². The van der Waals surface area contributed by atoms with Crippen LogP contribution in [0.3, 0.4) is 0 Å². The third-order valence-corrected chi connectivity index (χ3v) is 5.49. The van der Waals surface area contributed by atoms with Gasteiger partial charge in [0.25, 0.3) is 0 Å². The Morgan fingerprint density at radius 3 is 2.48 bits per heavy atom. The van der Waals surface area contributed by atoms with Crippen molar-refractivity contribution in [1.29, 1.82) is 0 Å². The summed E-state index contributed by atoms with van der Waals surface area (Å²) in [6, 6.07) is 21.6. The van der Waals surface area contributed by atoms with Gasteiger partial charge in [-0.05, 0) is 84.3 Å². The highest BCUT2D eigenvalue weighted by Gasteiger charge is 2.22. The summed E-state index contributed by atoms with van der Waals surface area (Å²) in [5.41, 5.74) is 7.79. The van der Waals surface area contributed by atoms with Crippen LogP contribution >= 0.6 is 15.9 Å². The van der Waals surface area contributed by atoms with Gasteiger partial charge in [-0.25, -0.2) is 0 Å².